The van der Waals surface area contributed by atoms with Gasteiger partial charge in [-0.25, -0.2) is 4.98 Å². The molecule has 0 aliphatic rings. The molecule has 0 N–H and O–H groups in total. The lowest BCUT2D eigenvalue weighted by Gasteiger charge is -2.13. The Morgan fingerprint density at radius 1 is 1.19 bits per heavy atom. The molecule has 3 aromatic rings. The summed E-state index contributed by atoms with van der Waals surface area (Å²) in [6, 6.07) is 10.5. The van der Waals surface area contributed by atoms with Crippen LogP contribution < -0.4 is 9.47 Å². The van der Waals surface area contributed by atoms with E-state index in [0.717, 1.165) is 21.7 Å². The van der Waals surface area contributed by atoms with Gasteiger partial charge in [-0.05, 0) is 37.6 Å². The number of nitrogens with zero attached hydrogens (tertiary/aromatic N) is 2. The lowest BCUT2D eigenvalue weighted by atomic mass is 10.1. The normalized spacial score (nSPS) is 11.2. The molecule has 0 spiro atoms. The highest BCUT2D eigenvalue weighted by Crippen LogP contribution is 2.33. The van der Waals surface area contributed by atoms with E-state index in [9.17, 15) is 10.1 Å². The molecule has 0 bridgehead atoms. The first kappa shape index (κ1) is 18.8. The number of hydrogen-bond donors (Lipinski definition) is 0. The van der Waals surface area contributed by atoms with Gasteiger partial charge >= 0.3 is 0 Å². The Bertz CT molecular complexity index is 981. The van der Waals surface area contributed by atoms with Gasteiger partial charge in [-0.2, -0.15) is 0 Å². The molecule has 0 radical (unpaired) electrons. The minimum Gasteiger partial charge on any atom is -0.490 e. The number of fused-ring (bicyclic) bond motifs is 1. The van der Waals surface area contributed by atoms with Gasteiger partial charge in [-0.1, -0.05) is 19.1 Å². The fourth-order valence-electron chi connectivity index (χ4n) is 2.57. The van der Waals surface area contributed by atoms with Gasteiger partial charge < -0.3 is 9.47 Å². The Labute approximate surface area is 161 Å². The van der Waals surface area contributed by atoms with Crippen LogP contribution in [-0.4, -0.2) is 23.1 Å². The second-order valence-corrected chi connectivity index (χ2v) is 6.81. The molecule has 1 heterocycles. The van der Waals surface area contributed by atoms with Gasteiger partial charge in [0.1, 0.15) is 5.01 Å². The molecule has 3 rings (SSSR count). The largest absolute Gasteiger partial charge is 0.490 e. The first-order chi connectivity index (χ1) is 13.1. The van der Waals surface area contributed by atoms with Crippen LogP contribution in [0.3, 0.4) is 0 Å². The van der Waals surface area contributed by atoms with E-state index in [1.165, 1.54) is 23.5 Å². The smallest absolute Gasteiger partial charge is 0.271 e. The molecule has 27 heavy (non-hydrogen) atoms. The highest BCUT2D eigenvalue weighted by molar-refractivity contribution is 7.19. The lowest BCUT2D eigenvalue weighted by Crippen LogP contribution is -2.01. The Morgan fingerprint density at radius 2 is 2.04 bits per heavy atom. The quantitative estimate of drug-likeness (QED) is 0.375. The van der Waals surface area contributed by atoms with Gasteiger partial charge in [0, 0.05) is 17.7 Å². The monoisotopic (exact) mass is 384 g/mol. The van der Waals surface area contributed by atoms with Crippen LogP contribution in [0, 0.1) is 10.1 Å². The van der Waals surface area contributed by atoms with Gasteiger partial charge in [0.2, 0.25) is 0 Å². The summed E-state index contributed by atoms with van der Waals surface area (Å²) in [5.74, 6) is 1.43. The third-order valence-corrected chi connectivity index (χ3v) is 4.77. The number of thiazole rings is 1. The average Bonchev–Trinajstić information content (AvgIpc) is 3.07. The number of nitro benzene ring substituents is 1. The molecule has 0 amide bonds. The minimum atomic E-state index is -0.412. The highest BCUT2D eigenvalue weighted by atomic mass is 32.1. The maximum Gasteiger partial charge on any atom is 0.271 e. The van der Waals surface area contributed by atoms with Gasteiger partial charge in [-0.3, -0.25) is 10.1 Å². The second-order valence-electron chi connectivity index (χ2n) is 5.75. The molecule has 140 valence electrons. The molecule has 0 atom stereocenters. The van der Waals surface area contributed by atoms with Crippen LogP contribution in [0.1, 0.15) is 30.8 Å². The summed E-state index contributed by atoms with van der Waals surface area (Å²) in [4.78, 5) is 15.0. The first-order valence-electron chi connectivity index (χ1n) is 8.74. The van der Waals surface area contributed by atoms with Crippen molar-refractivity contribution in [1.29, 1.82) is 0 Å². The maximum absolute atomic E-state index is 10.9. The standard InChI is InChI=1S/C20H20N2O4S/c1-3-12-26-20-14(6-5-7-17(20)25-4-2)8-11-19-21-16-13-15(22(23)24)9-10-18(16)27-19/h5-11,13H,3-4,12H2,1-2H3/b11-8+. The Kier molecular flexibility index (Phi) is 6.03. The van der Waals surface area contributed by atoms with Crippen molar-refractivity contribution in [2.45, 2.75) is 20.3 Å². The number of rotatable bonds is 8. The van der Waals surface area contributed by atoms with Crippen LogP contribution in [0.4, 0.5) is 5.69 Å². The molecule has 7 heteroatoms. The van der Waals surface area contributed by atoms with Crippen LogP contribution in [0.5, 0.6) is 11.5 Å². The summed E-state index contributed by atoms with van der Waals surface area (Å²) < 4.78 is 12.5. The zero-order chi connectivity index (χ0) is 19.2. The summed E-state index contributed by atoms with van der Waals surface area (Å²) in [5.41, 5.74) is 1.57. The van der Waals surface area contributed by atoms with Crippen molar-refractivity contribution in [1.82, 2.24) is 4.98 Å². The van der Waals surface area contributed by atoms with Crippen LogP contribution in [0.25, 0.3) is 22.4 Å². The predicted octanol–water partition coefficient (Wildman–Crippen LogP) is 5.56. The van der Waals surface area contributed by atoms with E-state index in [1.54, 1.807) is 6.07 Å². The van der Waals surface area contributed by atoms with Crippen molar-refractivity contribution in [2.75, 3.05) is 13.2 Å². The van der Waals surface area contributed by atoms with Crippen LogP contribution in [0.15, 0.2) is 36.4 Å². The number of nitro groups is 1. The molecule has 0 fully saturated rings. The fraction of sp³-hybridized carbons (Fsp3) is 0.250. The second kappa shape index (κ2) is 8.64. The predicted molar refractivity (Wildman–Crippen MR) is 109 cm³/mol. The van der Waals surface area contributed by atoms with E-state index < -0.39 is 4.92 Å². The third kappa shape index (κ3) is 4.43. The van der Waals surface area contributed by atoms with Gasteiger partial charge in [0.15, 0.2) is 11.5 Å². The Balaban J connectivity index is 1.91. The fourth-order valence-corrected chi connectivity index (χ4v) is 3.42. The van der Waals surface area contributed by atoms with Crippen molar-refractivity contribution < 1.29 is 14.4 Å². The zero-order valence-electron chi connectivity index (χ0n) is 15.2. The third-order valence-electron chi connectivity index (χ3n) is 3.76. The lowest BCUT2D eigenvalue weighted by molar-refractivity contribution is -0.384. The average molecular weight is 384 g/mol. The topological polar surface area (TPSA) is 74.5 Å². The summed E-state index contributed by atoms with van der Waals surface area (Å²) in [7, 11) is 0. The van der Waals surface area contributed by atoms with E-state index >= 15 is 0 Å². The van der Waals surface area contributed by atoms with Gasteiger partial charge in [0.25, 0.3) is 5.69 Å². The van der Waals surface area contributed by atoms with Crippen molar-refractivity contribution >= 4 is 39.4 Å². The van der Waals surface area contributed by atoms with E-state index in [-0.39, 0.29) is 5.69 Å². The van der Waals surface area contributed by atoms with E-state index in [4.69, 9.17) is 9.47 Å². The SMILES string of the molecule is CCCOc1c(/C=C/c2nc3cc([N+](=O)[O-])ccc3s2)cccc1OCC. The van der Waals surface area contributed by atoms with Crippen molar-refractivity contribution in [3.63, 3.8) is 0 Å². The Morgan fingerprint density at radius 3 is 2.78 bits per heavy atom. The van der Waals surface area contributed by atoms with Crippen LogP contribution in [0.2, 0.25) is 0 Å². The number of ether oxygens (including phenoxy) is 2. The summed E-state index contributed by atoms with van der Waals surface area (Å²) in [6.45, 7) is 5.16. The van der Waals surface area contributed by atoms with Crippen molar-refractivity contribution in [2.24, 2.45) is 0 Å². The van der Waals surface area contributed by atoms with Gasteiger partial charge in [-0.15, -0.1) is 11.3 Å². The minimum absolute atomic E-state index is 0.0444. The summed E-state index contributed by atoms with van der Waals surface area (Å²) in [5, 5.41) is 11.7. The van der Waals surface area contributed by atoms with E-state index in [1.807, 2.05) is 37.3 Å². The number of hydrogen-bond acceptors (Lipinski definition) is 6. The molecule has 0 aliphatic heterocycles. The zero-order valence-corrected chi connectivity index (χ0v) is 16.0. The molecule has 0 unspecified atom stereocenters. The molecule has 0 saturated carbocycles. The summed E-state index contributed by atoms with van der Waals surface area (Å²) >= 11 is 1.48. The maximum atomic E-state index is 10.9. The van der Waals surface area contributed by atoms with E-state index in [2.05, 4.69) is 11.9 Å². The summed E-state index contributed by atoms with van der Waals surface area (Å²) in [6.07, 6.45) is 4.72. The van der Waals surface area contributed by atoms with Gasteiger partial charge in [0.05, 0.1) is 28.4 Å². The Hall–Kier alpha value is -2.93. The number of benzene rings is 2. The van der Waals surface area contributed by atoms with Crippen molar-refractivity contribution in [3.8, 4) is 11.5 Å². The molecule has 1 aromatic heterocycles. The number of aromatic nitrogens is 1. The highest BCUT2D eigenvalue weighted by Gasteiger charge is 2.11. The molecule has 2 aromatic carbocycles. The molecule has 6 nitrogen and oxygen atoms in total. The molecule has 0 aliphatic carbocycles. The van der Waals surface area contributed by atoms with E-state index in [0.29, 0.717) is 30.2 Å². The van der Waals surface area contributed by atoms with Crippen LogP contribution in [-0.2, 0) is 0 Å². The number of non-ortho nitro benzene ring substituents is 1. The number of para-hydroxylation sites is 1. The first-order valence-corrected chi connectivity index (χ1v) is 9.55. The van der Waals surface area contributed by atoms with Crippen molar-refractivity contribution in [3.05, 3.63) is 57.1 Å². The van der Waals surface area contributed by atoms with Crippen LogP contribution >= 0.6 is 11.3 Å². The molecule has 0 saturated heterocycles. The molecular formula is C20H20N2O4S. The molecular weight excluding hydrogens is 364 g/mol.